The topological polar surface area (TPSA) is 50.6 Å². The molecule has 0 radical (unpaired) electrons. The van der Waals surface area contributed by atoms with Crippen molar-refractivity contribution in [1.82, 2.24) is 9.97 Å². The average molecular weight is 411 g/mol. The van der Waals surface area contributed by atoms with Crippen molar-refractivity contribution in [2.75, 3.05) is 11.4 Å². The maximum atomic E-state index is 12.4. The fourth-order valence-electron chi connectivity index (χ4n) is 3.48. The molecule has 0 bridgehead atoms. The van der Waals surface area contributed by atoms with Gasteiger partial charge in [0, 0.05) is 17.3 Å². The number of aromatic nitrogens is 2. The summed E-state index contributed by atoms with van der Waals surface area (Å²) in [6.07, 6.45) is -0.936. The Labute approximate surface area is 165 Å². The number of ether oxygens (including phenoxy) is 1. The molecule has 148 valence electrons. The van der Waals surface area contributed by atoms with Crippen LogP contribution in [-0.4, -0.2) is 34.6 Å². The molecule has 5 nitrogen and oxygen atoms in total. The first-order valence-electron chi connectivity index (χ1n) is 8.94. The molecule has 9 heteroatoms. The van der Waals surface area contributed by atoms with Crippen LogP contribution in [0.2, 0.25) is 5.02 Å². The second-order valence-electron chi connectivity index (χ2n) is 7.14. The van der Waals surface area contributed by atoms with E-state index in [1.807, 2.05) is 6.92 Å². The monoisotopic (exact) mass is 410 g/mol. The van der Waals surface area contributed by atoms with Crippen LogP contribution in [-0.2, 0) is 0 Å². The van der Waals surface area contributed by atoms with E-state index in [4.69, 9.17) is 11.6 Å². The van der Waals surface area contributed by atoms with Crippen LogP contribution in [0.3, 0.4) is 0 Å². The molecular formula is C19H18ClF3N4O. The van der Waals surface area contributed by atoms with Gasteiger partial charge in [-0.2, -0.15) is 0 Å². The minimum absolute atomic E-state index is 0.0999. The van der Waals surface area contributed by atoms with E-state index < -0.39 is 6.36 Å². The molecule has 0 spiro atoms. The third kappa shape index (κ3) is 3.78. The average Bonchev–Trinajstić information content (AvgIpc) is 3.44. The summed E-state index contributed by atoms with van der Waals surface area (Å²) >= 11 is 6.26. The van der Waals surface area contributed by atoms with Gasteiger partial charge in [-0.15, -0.1) is 13.2 Å². The number of alkyl halides is 3. The first kappa shape index (κ1) is 19.0. The second kappa shape index (κ2) is 6.92. The zero-order chi connectivity index (χ0) is 20.1. The van der Waals surface area contributed by atoms with E-state index in [1.165, 1.54) is 31.3 Å². The third-order valence-corrected chi connectivity index (χ3v) is 5.31. The lowest BCUT2D eigenvalue weighted by Gasteiger charge is -2.34. The van der Waals surface area contributed by atoms with Crippen LogP contribution in [0.15, 0.2) is 29.5 Å². The molecule has 2 aliphatic rings. The predicted molar refractivity (Wildman–Crippen MR) is 101 cm³/mol. The van der Waals surface area contributed by atoms with E-state index >= 15 is 0 Å². The van der Waals surface area contributed by atoms with Crippen molar-refractivity contribution in [3.63, 3.8) is 0 Å². The van der Waals surface area contributed by atoms with Crippen molar-refractivity contribution >= 4 is 28.8 Å². The van der Waals surface area contributed by atoms with Crippen LogP contribution >= 0.6 is 11.6 Å². The van der Waals surface area contributed by atoms with Gasteiger partial charge in [-0.05, 0) is 50.8 Å². The number of hydrogen-bond donors (Lipinski definition) is 0. The van der Waals surface area contributed by atoms with Crippen molar-refractivity contribution < 1.29 is 17.9 Å². The Bertz CT molecular complexity index is 943. The van der Waals surface area contributed by atoms with Crippen LogP contribution in [0.4, 0.5) is 24.7 Å². The molecule has 0 N–H and O–H groups in total. The van der Waals surface area contributed by atoms with Gasteiger partial charge in [0.2, 0.25) is 0 Å². The second-order valence-corrected chi connectivity index (χ2v) is 7.54. The van der Waals surface area contributed by atoms with Gasteiger partial charge in [-0.3, -0.25) is 4.99 Å². The van der Waals surface area contributed by atoms with E-state index in [9.17, 15) is 13.2 Å². The zero-order valence-corrected chi connectivity index (χ0v) is 16.1. The molecule has 1 aliphatic heterocycles. The molecule has 1 fully saturated rings. The SMILES string of the molecule is CC1=Nc2c(-c3ccc(OC(F)(F)F)cc3Cl)ncnc2N(C(C)C2CC2)C1. The van der Waals surface area contributed by atoms with Crippen molar-refractivity contribution in [1.29, 1.82) is 0 Å². The summed E-state index contributed by atoms with van der Waals surface area (Å²) in [4.78, 5) is 15.6. The number of aliphatic imine (C=N–C) groups is 1. The minimum Gasteiger partial charge on any atom is -0.406 e. The van der Waals surface area contributed by atoms with Gasteiger partial charge in [0.15, 0.2) is 5.82 Å². The first-order chi connectivity index (χ1) is 13.2. The summed E-state index contributed by atoms with van der Waals surface area (Å²) in [5, 5.41) is 0.0999. The number of hydrogen-bond acceptors (Lipinski definition) is 5. The fraction of sp³-hybridized carbons (Fsp3) is 0.421. The van der Waals surface area contributed by atoms with E-state index in [1.54, 1.807) is 0 Å². The Morgan fingerprint density at radius 2 is 2.00 bits per heavy atom. The molecular weight excluding hydrogens is 393 g/mol. The molecule has 28 heavy (non-hydrogen) atoms. The first-order valence-corrected chi connectivity index (χ1v) is 9.32. The van der Waals surface area contributed by atoms with E-state index in [0.29, 0.717) is 35.4 Å². The van der Waals surface area contributed by atoms with Crippen LogP contribution in [0.25, 0.3) is 11.3 Å². The zero-order valence-electron chi connectivity index (χ0n) is 15.3. The Kier molecular flexibility index (Phi) is 4.69. The molecule has 1 atom stereocenters. The quantitative estimate of drug-likeness (QED) is 0.676. The summed E-state index contributed by atoms with van der Waals surface area (Å²) < 4.78 is 41.3. The number of rotatable bonds is 4. The Morgan fingerprint density at radius 3 is 2.64 bits per heavy atom. The highest BCUT2D eigenvalue weighted by molar-refractivity contribution is 6.33. The van der Waals surface area contributed by atoms with E-state index in [0.717, 1.165) is 17.6 Å². The van der Waals surface area contributed by atoms with Gasteiger partial charge in [0.1, 0.15) is 23.5 Å². The molecule has 0 amide bonds. The van der Waals surface area contributed by atoms with Crippen LogP contribution < -0.4 is 9.64 Å². The lowest BCUT2D eigenvalue weighted by molar-refractivity contribution is -0.274. The molecule has 1 aliphatic carbocycles. The van der Waals surface area contributed by atoms with Gasteiger partial charge in [0.05, 0.1) is 11.6 Å². The van der Waals surface area contributed by atoms with Gasteiger partial charge in [0.25, 0.3) is 0 Å². The Hall–Kier alpha value is -2.35. The molecule has 1 aromatic carbocycles. The van der Waals surface area contributed by atoms with E-state index in [-0.39, 0.29) is 10.8 Å². The number of halogens is 4. The molecule has 2 aromatic rings. The van der Waals surface area contributed by atoms with Crippen molar-refractivity contribution in [3.05, 3.63) is 29.5 Å². The molecule has 2 heterocycles. The van der Waals surface area contributed by atoms with Gasteiger partial charge >= 0.3 is 6.36 Å². The van der Waals surface area contributed by atoms with Gasteiger partial charge in [-0.1, -0.05) is 11.6 Å². The minimum atomic E-state index is -4.78. The summed E-state index contributed by atoms with van der Waals surface area (Å²) in [5.74, 6) is 0.981. The Morgan fingerprint density at radius 1 is 1.25 bits per heavy atom. The van der Waals surface area contributed by atoms with Crippen molar-refractivity contribution in [3.8, 4) is 17.0 Å². The predicted octanol–water partition coefficient (Wildman–Crippen LogP) is 5.41. The highest BCUT2D eigenvalue weighted by atomic mass is 35.5. The summed E-state index contributed by atoms with van der Waals surface area (Å²) in [7, 11) is 0. The maximum absolute atomic E-state index is 12.4. The van der Waals surface area contributed by atoms with Crippen LogP contribution in [0.1, 0.15) is 26.7 Å². The molecule has 1 saturated carbocycles. The summed E-state index contributed by atoms with van der Waals surface area (Å²) in [5.41, 5.74) is 2.47. The third-order valence-electron chi connectivity index (χ3n) is 5.00. The normalized spacial score (nSPS) is 17.8. The number of benzene rings is 1. The fourth-order valence-corrected chi connectivity index (χ4v) is 3.74. The molecule has 0 saturated heterocycles. The summed E-state index contributed by atoms with van der Waals surface area (Å²) in [6.45, 7) is 4.81. The van der Waals surface area contributed by atoms with Crippen molar-refractivity contribution in [2.24, 2.45) is 10.9 Å². The summed E-state index contributed by atoms with van der Waals surface area (Å²) in [6, 6.07) is 4.13. The number of nitrogens with zero attached hydrogens (tertiary/aromatic N) is 4. The lowest BCUT2D eigenvalue weighted by Crippen LogP contribution is -2.40. The molecule has 1 unspecified atom stereocenters. The number of anilines is 1. The van der Waals surface area contributed by atoms with Gasteiger partial charge in [-0.25, -0.2) is 9.97 Å². The highest BCUT2D eigenvalue weighted by Gasteiger charge is 2.36. The van der Waals surface area contributed by atoms with Crippen LogP contribution in [0, 0.1) is 5.92 Å². The Balaban J connectivity index is 1.75. The smallest absolute Gasteiger partial charge is 0.406 e. The highest BCUT2D eigenvalue weighted by Crippen LogP contribution is 2.44. The standard InChI is InChI=1S/C19H18ClF3N4O/c1-10-8-27(11(2)12-3-4-12)18-17(26-10)16(24-9-25-18)14-6-5-13(7-15(14)20)28-19(21,22)23/h5-7,9,11-12H,3-4,8H2,1-2H3. The van der Waals surface area contributed by atoms with Crippen molar-refractivity contribution in [2.45, 2.75) is 39.1 Å². The molecule has 1 aromatic heterocycles. The lowest BCUT2D eigenvalue weighted by atomic mass is 10.1. The van der Waals surface area contributed by atoms with Gasteiger partial charge < -0.3 is 9.64 Å². The number of fused-ring (bicyclic) bond motifs is 1. The molecule has 4 rings (SSSR count). The largest absolute Gasteiger partial charge is 0.573 e. The van der Waals surface area contributed by atoms with Crippen LogP contribution in [0.5, 0.6) is 5.75 Å². The maximum Gasteiger partial charge on any atom is 0.573 e. The van der Waals surface area contributed by atoms with E-state index in [2.05, 4.69) is 31.5 Å².